The van der Waals surface area contributed by atoms with Crippen LogP contribution in [0.15, 0.2) is 46.9 Å². The van der Waals surface area contributed by atoms with Crippen LogP contribution in [0.2, 0.25) is 0 Å². The number of esters is 1. The van der Waals surface area contributed by atoms with Crippen molar-refractivity contribution in [2.24, 2.45) is 0 Å². The quantitative estimate of drug-likeness (QED) is 0.493. The Kier molecular flexibility index (Phi) is 6.82. The Hall–Kier alpha value is -2.54. The average Bonchev–Trinajstić information content (AvgIpc) is 2.64. The summed E-state index contributed by atoms with van der Waals surface area (Å²) in [6, 6.07) is 11.7. The first-order valence-corrected chi connectivity index (χ1v) is 8.12. The third-order valence-corrected chi connectivity index (χ3v) is 3.87. The lowest BCUT2D eigenvalue weighted by molar-refractivity contribution is -0.144. The van der Waals surface area contributed by atoms with Crippen molar-refractivity contribution < 1.29 is 28.5 Å². The highest BCUT2D eigenvalue weighted by molar-refractivity contribution is 9.10. The van der Waals surface area contributed by atoms with Gasteiger partial charge in [-0.25, -0.2) is 4.79 Å². The predicted octanol–water partition coefficient (Wildman–Crippen LogP) is 3.27. The predicted molar refractivity (Wildman–Crippen MR) is 94.5 cm³/mol. The largest absolute Gasteiger partial charge is 0.497 e. The van der Waals surface area contributed by atoms with Gasteiger partial charge in [-0.3, -0.25) is 4.79 Å². The molecular weight excluding hydrogens is 392 g/mol. The molecule has 0 heterocycles. The van der Waals surface area contributed by atoms with E-state index in [0.717, 1.165) is 0 Å². The van der Waals surface area contributed by atoms with Crippen molar-refractivity contribution in [3.05, 3.63) is 52.5 Å². The van der Waals surface area contributed by atoms with Gasteiger partial charge in [0.05, 0.1) is 18.7 Å². The van der Waals surface area contributed by atoms with E-state index in [0.29, 0.717) is 27.3 Å². The Labute approximate surface area is 153 Å². The second-order valence-corrected chi connectivity index (χ2v) is 5.75. The van der Waals surface area contributed by atoms with Crippen LogP contribution in [0.25, 0.3) is 0 Å². The standard InChI is InChI=1S/C18H17BrO6/c1-22-13-4-6-14(7-5-13)24-11-18(21)25-10-16(20)12-3-8-17(23-2)15(19)9-12/h3-9H,10-11H2,1-2H3. The third-order valence-electron chi connectivity index (χ3n) is 3.25. The van der Waals surface area contributed by atoms with E-state index >= 15 is 0 Å². The van der Waals surface area contributed by atoms with Gasteiger partial charge in [0.15, 0.2) is 19.0 Å². The Morgan fingerprint density at radius 2 is 1.60 bits per heavy atom. The molecular formula is C18H17BrO6. The molecule has 0 bridgehead atoms. The van der Waals surface area contributed by atoms with Gasteiger partial charge in [0.2, 0.25) is 0 Å². The lowest BCUT2D eigenvalue weighted by Crippen LogP contribution is -2.19. The van der Waals surface area contributed by atoms with E-state index in [1.807, 2.05) is 0 Å². The van der Waals surface area contributed by atoms with Crippen LogP contribution in [0, 0.1) is 0 Å². The fraction of sp³-hybridized carbons (Fsp3) is 0.222. The summed E-state index contributed by atoms with van der Waals surface area (Å²) >= 11 is 3.30. The van der Waals surface area contributed by atoms with Crippen LogP contribution in [0.5, 0.6) is 17.2 Å². The van der Waals surface area contributed by atoms with E-state index in [-0.39, 0.29) is 19.0 Å². The van der Waals surface area contributed by atoms with Gasteiger partial charge in [-0.15, -0.1) is 0 Å². The molecule has 0 aromatic heterocycles. The van der Waals surface area contributed by atoms with E-state index < -0.39 is 5.97 Å². The molecule has 0 saturated carbocycles. The van der Waals surface area contributed by atoms with Crippen LogP contribution in [-0.2, 0) is 9.53 Å². The molecule has 0 atom stereocenters. The number of ketones is 1. The summed E-state index contributed by atoms with van der Waals surface area (Å²) < 4.78 is 21.0. The maximum Gasteiger partial charge on any atom is 0.344 e. The second kappa shape index (κ2) is 9.08. The van der Waals surface area contributed by atoms with Gasteiger partial charge in [-0.1, -0.05) is 0 Å². The van der Waals surface area contributed by atoms with E-state index in [4.69, 9.17) is 18.9 Å². The molecule has 2 aromatic rings. The highest BCUT2D eigenvalue weighted by Gasteiger charge is 2.12. The highest BCUT2D eigenvalue weighted by Crippen LogP contribution is 2.25. The van der Waals surface area contributed by atoms with Crippen molar-refractivity contribution in [2.75, 3.05) is 27.4 Å². The maximum absolute atomic E-state index is 12.1. The van der Waals surface area contributed by atoms with Crippen molar-refractivity contribution in [1.29, 1.82) is 0 Å². The number of ether oxygens (including phenoxy) is 4. The van der Waals surface area contributed by atoms with Crippen LogP contribution < -0.4 is 14.2 Å². The number of Topliss-reactive ketones (excluding diaryl/α,β-unsaturated/α-hetero) is 1. The molecule has 25 heavy (non-hydrogen) atoms. The molecule has 0 N–H and O–H groups in total. The van der Waals surface area contributed by atoms with Crippen LogP contribution in [0.3, 0.4) is 0 Å². The average molecular weight is 409 g/mol. The molecule has 2 rings (SSSR count). The van der Waals surface area contributed by atoms with Gasteiger partial charge in [0, 0.05) is 5.56 Å². The molecule has 0 aliphatic carbocycles. The maximum atomic E-state index is 12.1. The number of hydrogen-bond donors (Lipinski definition) is 0. The molecule has 0 amide bonds. The molecule has 0 radical (unpaired) electrons. The summed E-state index contributed by atoms with van der Waals surface area (Å²) in [5.74, 6) is 0.855. The lowest BCUT2D eigenvalue weighted by atomic mass is 10.1. The van der Waals surface area contributed by atoms with Crippen LogP contribution in [0.1, 0.15) is 10.4 Å². The molecule has 0 saturated heterocycles. The topological polar surface area (TPSA) is 71.1 Å². The molecule has 0 aliphatic rings. The fourth-order valence-electron chi connectivity index (χ4n) is 1.93. The van der Waals surface area contributed by atoms with Gasteiger partial charge < -0.3 is 18.9 Å². The zero-order chi connectivity index (χ0) is 18.2. The number of rotatable bonds is 8. The van der Waals surface area contributed by atoms with Crippen LogP contribution >= 0.6 is 15.9 Å². The lowest BCUT2D eigenvalue weighted by Gasteiger charge is -2.08. The summed E-state index contributed by atoms with van der Waals surface area (Å²) in [5, 5.41) is 0. The zero-order valence-electron chi connectivity index (χ0n) is 13.8. The Morgan fingerprint density at radius 1 is 0.920 bits per heavy atom. The van der Waals surface area contributed by atoms with Gasteiger partial charge in [0.25, 0.3) is 0 Å². The normalized spacial score (nSPS) is 10.0. The number of carbonyl (C=O) groups is 2. The number of halogens is 1. The minimum Gasteiger partial charge on any atom is -0.497 e. The molecule has 0 fully saturated rings. The first-order chi connectivity index (χ1) is 12.0. The van der Waals surface area contributed by atoms with Gasteiger partial charge >= 0.3 is 5.97 Å². The number of hydrogen-bond acceptors (Lipinski definition) is 6. The van der Waals surface area contributed by atoms with E-state index in [1.165, 1.54) is 7.11 Å². The van der Waals surface area contributed by atoms with Crippen LogP contribution in [-0.4, -0.2) is 39.2 Å². The van der Waals surface area contributed by atoms with Gasteiger partial charge in [0.1, 0.15) is 17.2 Å². The summed E-state index contributed by atoms with van der Waals surface area (Å²) in [6.07, 6.45) is 0. The van der Waals surface area contributed by atoms with Gasteiger partial charge in [-0.2, -0.15) is 0 Å². The number of benzene rings is 2. The van der Waals surface area contributed by atoms with E-state index in [9.17, 15) is 9.59 Å². The Balaban J connectivity index is 1.80. The molecule has 0 aliphatic heterocycles. The molecule has 2 aromatic carbocycles. The first kappa shape index (κ1) is 18.8. The molecule has 6 nitrogen and oxygen atoms in total. The fourth-order valence-corrected chi connectivity index (χ4v) is 2.47. The molecule has 7 heteroatoms. The summed E-state index contributed by atoms with van der Waals surface area (Å²) in [7, 11) is 3.10. The molecule has 132 valence electrons. The highest BCUT2D eigenvalue weighted by atomic mass is 79.9. The Bertz CT molecular complexity index is 742. The molecule has 0 spiro atoms. The first-order valence-electron chi connectivity index (χ1n) is 7.32. The van der Waals surface area contributed by atoms with Gasteiger partial charge in [-0.05, 0) is 58.4 Å². The van der Waals surface area contributed by atoms with E-state index in [1.54, 1.807) is 49.6 Å². The molecule has 0 unspecified atom stereocenters. The Morgan fingerprint density at radius 3 is 2.20 bits per heavy atom. The monoisotopic (exact) mass is 408 g/mol. The van der Waals surface area contributed by atoms with Crippen LogP contribution in [0.4, 0.5) is 0 Å². The smallest absolute Gasteiger partial charge is 0.344 e. The summed E-state index contributed by atoms with van der Waals surface area (Å²) in [6.45, 7) is -0.643. The van der Waals surface area contributed by atoms with Crippen molar-refractivity contribution in [3.8, 4) is 17.2 Å². The van der Waals surface area contributed by atoms with Crippen molar-refractivity contribution in [2.45, 2.75) is 0 Å². The zero-order valence-corrected chi connectivity index (χ0v) is 15.4. The number of carbonyl (C=O) groups excluding carboxylic acids is 2. The minimum absolute atomic E-state index is 0.286. The van der Waals surface area contributed by atoms with E-state index in [2.05, 4.69) is 15.9 Å². The van der Waals surface area contributed by atoms with Crippen molar-refractivity contribution in [3.63, 3.8) is 0 Å². The SMILES string of the molecule is COc1ccc(OCC(=O)OCC(=O)c2ccc(OC)c(Br)c2)cc1. The van der Waals surface area contributed by atoms with Crippen molar-refractivity contribution in [1.82, 2.24) is 0 Å². The summed E-state index contributed by atoms with van der Waals surface area (Å²) in [4.78, 5) is 23.7. The minimum atomic E-state index is -0.628. The van der Waals surface area contributed by atoms with Crippen molar-refractivity contribution >= 4 is 27.7 Å². The third kappa shape index (κ3) is 5.49. The number of methoxy groups -OCH3 is 2. The summed E-state index contributed by atoms with van der Waals surface area (Å²) in [5.41, 5.74) is 0.413. The second-order valence-electron chi connectivity index (χ2n) is 4.90.